The number of nitrogen functional groups attached to an aromatic ring is 1. The predicted molar refractivity (Wildman–Crippen MR) is 61.5 cm³/mol. The van der Waals surface area contributed by atoms with Gasteiger partial charge in [-0.05, 0) is 23.9 Å². The number of anilines is 1. The number of aromatic carboxylic acids is 1. The molecule has 6 heteroatoms. The van der Waals surface area contributed by atoms with E-state index >= 15 is 0 Å². The van der Waals surface area contributed by atoms with Crippen molar-refractivity contribution >= 4 is 33.6 Å². The first-order chi connectivity index (χ1) is 7.09. The van der Waals surface area contributed by atoms with Crippen LogP contribution in [0, 0.1) is 6.92 Å². The van der Waals surface area contributed by atoms with Crippen LogP contribution < -0.4 is 5.73 Å². The summed E-state index contributed by atoms with van der Waals surface area (Å²) < 4.78 is 0. The fraction of sp³-hybridized carbons (Fsp3) is 0.111. The van der Waals surface area contributed by atoms with E-state index in [1.807, 2.05) is 18.4 Å². The summed E-state index contributed by atoms with van der Waals surface area (Å²) in [6.07, 6.45) is 0. The van der Waals surface area contributed by atoms with Crippen molar-refractivity contribution in [1.82, 2.24) is 4.98 Å². The number of nitrogens with zero attached hydrogens (tertiary/aromatic N) is 1. The fourth-order valence-corrected chi connectivity index (χ4v) is 3.08. The molecule has 0 fully saturated rings. The minimum Gasteiger partial charge on any atom is -0.476 e. The Balaban J connectivity index is 2.52. The number of carboxylic acids is 1. The number of hydrogen-bond acceptors (Lipinski definition) is 5. The quantitative estimate of drug-likeness (QED) is 0.845. The topological polar surface area (TPSA) is 76.2 Å². The molecule has 0 spiro atoms. The third-order valence-corrected chi connectivity index (χ3v) is 3.97. The zero-order valence-electron chi connectivity index (χ0n) is 7.85. The van der Waals surface area contributed by atoms with Gasteiger partial charge < -0.3 is 10.8 Å². The normalized spacial score (nSPS) is 10.5. The van der Waals surface area contributed by atoms with Gasteiger partial charge in [0, 0.05) is 0 Å². The molecule has 2 rings (SSSR count). The van der Waals surface area contributed by atoms with Crippen molar-refractivity contribution in [3.05, 3.63) is 22.7 Å². The van der Waals surface area contributed by atoms with E-state index in [4.69, 9.17) is 10.8 Å². The number of hydrogen-bond donors (Lipinski definition) is 2. The molecule has 2 aromatic heterocycles. The summed E-state index contributed by atoms with van der Waals surface area (Å²) in [5.74, 6) is -1.08. The Bertz CT molecular complexity index is 516. The van der Waals surface area contributed by atoms with Crippen molar-refractivity contribution in [3.8, 4) is 9.88 Å². The molecule has 0 radical (unpaired) electrons. The molecule has 2 heterocycles. The van der Waals surface area contributed by atoms with E-state index in [0.717, 1.165) is 10.4 Å². The van der Waals surface area contributed by atoms with Gasteiger partial charge in [-0.15, -0.1) is 11.3 Å². The maximum absolute atomic E-state index is 10.8. The number of nitrogens with two attached hydrogens (primary N) is 1. The molecule has 78 valence electrons. The Morgan fingerprint density at radius 1 is 1.60 bits per heavy atom. The fourth-order valence-electron chi connectivity index (χ4n) is 1.17. The Labute approximate surface area is 94.0 Å². The Morgan fingerprint density at radius 3 is 2.80 bits per heavy atom. The summed E-state index contributed by atoms with van der Waals surface area (Å²) in [5.41, 5.74) is 6.61. The van der Waals surface area contributed by atoms with Gasteiger partial charge in [0.1, 0.15) is 10.0 Å². The summed E-state index contributed by atoms with van der Waals surface area (Å²) in [7, 11) is 0. The van der Waals surface area contributed by atoms with Crippen LogP contribution in [0.25, 0.3) is 9.88 Å². The number of aromatic nitrogens is 1. The number of carbonyl (C=O) groups is 1. The van der Waals surface area contributed by atoms with Crippen LogP contribution >= 0.6 is 22.7 Å². The number of thiazole rings is 1. The summed E-state index contributed by atoms with van der Waals surface area (Å²) in [4.78, 5) is 15.8. The number of aryl methyl sites for hydroxylation is 1. The second kappa shape index (κ2) is 3.63. The molecule has 4 nitrogen and oxygen atoms in total. The van der Waals surface area contributed by atoms with Crippen LogP contribution in [-0.4, -0.2) is 16.1 Å². The Morgan fingerprint density at radius 2 is 2.33 bits per heavy atom. The average Bonchev–Trinajstić information content (AvgIpc) is 2.71. The van der Waals surface area contributed by atoms with Crippen molar-refractivity contribution in [3.63, 3.8) is 0 Å². The first-order valence-corrected chi connectivity index (χ1v) is 5.83. The number of thiophene rings is 1. The molecule has 0 unspecified atom stereocenters. The third-order valence-electron chi connectivity index (χ3n) is 1.91. The van der Waals surface area contributed by atoms with E-state index in [0.29, 0.717) is 5.01 Å². The van der Waals surface area contributed by atoms with Crippen LogP contribution in [0.5, 0.6) is 0 Å². The highest BCUT2D eigenvalue weighted by Crippen LogP contribution is 2.35. The van der Waals surface area contributed by atoms with Gasteiger partial charge in [-0.1, -0.05) is 11.3 Å². The molecule has 3 N–H and O–H groups in total. The molecule has 0 saturated heterocycles. The van der Waals surface area contributed by atoms with Crippen molar-refractivity contribution in [1.29, 1.82) is 0 Å². The van der Waals surface area contributed by atoms with Crippen LogP contribution in [0.2, 0.25) is 0 Å². The monoisotopic (exact) mass is 240 g/mol. The zero-order valence-corrected chi connectivity index (χ0v) is 9.48. The minimum absolute atomic E-state index is 0.0530. The maximum Gasteiger partial charge on any atom is 0.357 e. The standard InChI is InChI=1S/C9H8N2O2S2/c1-4-2-3-14-6(4)8-11-5(9(12)13)7(10)15-8/h2-3H,10H2,1H3,(H,12,13). The molecule has 0 saturated carbocycles. The lowest BCUT2D eigenvalue weighted by Gasteiger charge is -1.90. The van der Waals surface area contributed by atoms with E-state index in [-0.39, 0.29) is 10.7 Å². The highest BCUT2D eigenvalue weighted by Gasteiger charge is 2.17. The van der Waals surface area contributed by atoms with E-state index in [2.05, 4.69) is 4.98 Å². The summed E-state index contributed by atoms with van der Waals surface area (Å²) >= 11 is 2.75. The van der Waals surface area contributed by atoms with Gasteiger partial charge in [-0.25, -0.2) is 9.78 Å². The van der Waals surface area contributed by atoms with Crippen LogP contribution in [0.1, 0.15) is 16.1 Å². The summed E-state index contributed by atoms with van der Waals surface area (Å²) in [5, 5.41) is 11.7. The maximum atomic E-state index is 10.8. The molecule has 0 aliphatic heterocycles. The number of carboxylic acid groups (broad SMARTS) is 1. The van der Waals surface area contributed by atoms with Gasteiger partial charge in [0.2, 0.25) is 0 Å². The highest BCUT2D eigenvalue weighted by molar-refractivity contribution is 7.23. The number of rotatable bonds is 2. The first kappa shape index (κ1) is 10.1. The second-order valence-electron chi connectivity index (χ2n) is 2.97. The lowest BCUT2D eigenvalue weighted by atomic mass is 10.3. The molecule has 2 aromatic rings. The third kappa shape index (κ3) is 1.73. The second-order valence-corrected chi connectivity index (χ2v) is 4.92. The predicted octanol–water partition coefficient (Wildman–Crippen LogP) is 2.46. The molecule has 15 heavy (non-hydrogen) atoms. The van der Waals surface area contributed by atoms with Gasteiger partial charge in [0.05, 0.1) is 4.88 Å². The molecule has 0 aliphatic rings. The lowest BCUT2D eigenvalue weighted by Crippen LogP contribution is -2.00. The molecule has 0 atom stereocenters. The smallest absolute Gasteiger partial charge is 0.357 e. The lowest BCUT2D eigenvalue weighted by molar-refractivity contribution is 0.0692. The van der Waals surface area contributed by atoms with E-state index in [1.54, 1.807) is 0 Å². The summed E-state index contributed by atoms with van der Waals surface area (Å²) in [6.45, 7) is 1.96. The Hall–Kier alpha value is -1.40. The van der Waals surface area contributed by atoms with Crippen LogP contribution in [0.15, 0.2) is 11.4 Å². The van der Waals surface area contributed by atoms with Crippen LogP contribution in [-0.2, 0) is 0 Å². The van der Waals surface area contributed by atoms with Gasteiger partial charge in [-0.2, -0.15) is 0 Å². The van der Waals surface area contributed by atoms with Crippen LogP contribution in [0.3, 0.4) is 0 Å². The van der Waals surface area contributed by atoms with Crippen molar-refractivity contribution in [2.45, 2.75) is 6.92 Å². The van der Waals surface area contributed by atoms with Gasteiger partial charge in [0.25, 0.3) is 0 Å². The average molecular weight is 240 g/mol. The minimum atomic E-state index is -1.08. The van der Waals surface area contributed by atoms with E-state index in [1.165, 1.54) is 22.7 Å². The van der Waals surface area contributed by atoms with Gasteiger partial charge in [-0.3, -0.25) is 0 Å². The Kier molecular flexibility index (Phi) is 2.45. The largest absolute Gasteiger partial charge is 0.476 e. The highest BCUT2D eigenvalue weighted by atomic mass is 32.1. The summed E-state index contributed by atoms with van der Waals surface area (Å²) in [6, 6.07) is 1.97. The molecule has 0 aromatic carbocycles. The molecular weight excluding hydrogens is 232 g/mol. The van der Waals surface area contributed by atoms with Gasteiger partial charge >= 0.3 is 5.97 Å². The SMILES string of the molecule is Cc1ccsc1-c1nc(C(=O)O)c(N)s1. The molecule has 0 bridgehead atoms. The van der Waals surface area contributed by atoms with Crippen molar-refractivity contribution < 1.29 is 9.90 Å². The first-order valence-electron chi connectivity index (χ1n) is 4.13. The zero-order chi connectivity index (χ0) is 11.0. The van der Waals surface area contributed by atoms with E-state index in [9.17, 15) is 4.79 Å². The van der Waals surface area contributed by atoms with E-state index < -0.39 is 5.97 Å². The van der Waals surface area contributed by atoms with Crippen LogP contribution in [0.4, 0.5) is 5.00 Å². The van der Waals surface area contributed by atoms with Crippen molar-refractivity contribution in [2.75, 3.05) is 5.73 Å². The molecule has 0 amide bonds. The van der Waals surface area contributed by atoms with Crippen molar-refractivity contribution in [2.24, 2.45) is 0 Å². The molecule has 0 aliphatic carbocycles. The van der Waals surface area contributed by atoms with Gasteiger partial charge in [0.15, 0.2) is 5.69 Å². The molecular formula is C9H8N2O2S2.